The van der Waals surface area contributed by atoms with Gasteiger partial charge in [0, 0.05) is 23.6 Å². The summed E-state index contributed by atoms with van der Waals surface area (Å²) in [6.45, 7) is -0.202. The zero-order chi connectivity index (χ0) is 20.5. The summed E-state index contributed by atoms with van der Waals surface area (Å²) in [6.07, 6.45) is 0.399. The summed E-state index contributed by atoms with van der Waals surface area (Å²) in [5, 5.41) is 7.59. The summed E-state index contributed by atoms with van der Waals surface area (Å²) in [6, 6.07) is 7.92. The van der Waals surface area contributed by atoms with Crippen molar-refractivity contribution < 1.29 is 23.9 Å². The Morgan fingerprint density at radius 1 is 1.11 bits per heavy atom. The zero-order valence-corrected chi connectivity index (χ0v) is 16.3. The Balaban J connectivity index is 1.63. The van der Waals surface area contributed by atoms with Crippen molar-refractivity contribution in [3.05, 3.63) is 51.9 Å². The number of nitrogens with one attached hydrogen (secondary N) is 2. The normalized spacial score (nSPS) is 10.2. The van der Waals surface area contributed by atoms with Gasteiger partial charge >= 0.3 is 5.97 Å². The first-order valence-electron chi connectivity index (χ1n) is 8.23. The lowest BCUT2D eigenvalue weighted by Gasteiger charge is -2.07. The third-order valence-electron chi connectivity index (χ3n) is 3.50. The summed E-state index contributed by atoms with van der Waals surface area (Å²) in [5.41, 5.74) is 5.85. The van der Waals surface area contributed by atoms with Gasteiger partial charge < -0.3 is 21.1 Å². The predicted octanol–water partition coefficient (Wildman–Crippen LogP) is 2.19. The first-order valence-corrected chi connectivity index (χ1v) is 9.49. The molecule has 4 N–H and O–H groups in total. The number of esters is 1. The molecule has 0 radical (unpaired) electrons. The standard InChI is InChI=1S/C18H18ClN3O5S/c19-12-5-3-11(4-6-12)17(26)21-8-1-2-15(24)27-10-14(23)22-18-13(16(20)25)7-9-28-18/h3-7,9H,1-2,8,10H2,(H2,20,25)(H,21,26)(H,22,23). The van der Waals surface area contributed by atoms with Gasteiger partial charge in [0.05, 0.1) is 5.56 Å². The number of benzene rings is 1. The number of carbonyl (C=O) groups is 4. The van der Waals surface area contributed by atoms with Crippen LogP contribution in [0.25, 0.3) is 0 Å². The van der Waals surface area contributed by atoms with Gasteiger partial charge in [-0.15, -0.1) is 11.3 Å². The molecule has 0 bridgehead atoms. The van der Waals surface area contributed by atoms with Gasteiger partial charge in [0.25, 0.3) is 17.7 Å². The minimum atomic E-state index is -0.658. The van der Waals surface area contributed by atoms with Gasteiger partial charge in [-0.05, 0) is 42.1 Å². The first kappa shape index (κ1) is 21.4. The Hall–Kier alpha value is -2.91. The Labute approximate surface area is 170 Å². The van der Waals surface area contributed by atoms with Crippen LogP contribution in [-0.2, 0) is 14.3 Å². The van der Waals surface area contributed by atoms with E-state index in [1.54, 1.807) is 29.6 Å². The Kier molecular flexibility index (Phi) is 7.97. The van der Waals surface area contributed by atoms with Crippen LogP contribution in [0.15, 0.2) is 35.7 Å². The van der Waals surface area contributed by atoms with E-state index in [2.05, 4.69) is 10.6 Å². The summed E-state index contributed by atoms with van der Waals surface area (Å²) in [4.78, 5) is 46.5. The van der Waals surface area contributed by atoms with E-state index < -0.39 is 24.4 Å². The van der Waals surface area contributed by atoms with Gasteiger partial charge in [0.2, 0.25) is 0 Å². The first-order chi connectivity index (χ1) is 13.4. The zero-order valence-electron chi connectivity index (χ0n) is 14.7. The molecule has 2 rings (SSSR count). The number of halogens is 1. The van der Waals surface area contributed by atoms with E-state index in [0.717, 1.165) is 11.3 Å². The average Bonchev–Trinajstić information content (AvgIpc) is 3.12. The van der Waals surface area contributed by atoms with E-state index in [1.807, 2.05) is 0 Å². The van der Waals surface area contributed by atoms with E-state index in [-0.39, 0.29) is 24.4 Å². The molecule has 10 heteroatoms. The van der Waals surface area contributed by atoms with Crippen molar-refractivity contribution in [2.45, 2.75) is 12.8 Å². The van der Waals surface area contributed by atoms with Gasteiger partial charge in [0.15, 0.2) is 6.61 Å². The maximum atomic E-state index is 11.9. The van der Waals surface area contributed by atoms with Crippen molar-refractivity contribution in [1.29, 1.82) is 0 Å². The largest absolute Gasteiger partial charge is 0.456 e. The van der Waals surface area contributed by atoms with Gasteiger partial charge in [-0.1, -0.05) is 11.6 Å². The van der Waals surface area contributed by atoms with Crippen LogP contribution in [0.2, 0.25) is 5.02 Å². The fraction of sp³-hybridized carbons (Fsp3) is 0.222. The highest BCUT2D eigenvalue weighted by Gasteiger charge is 2.14. The van der Waals surface area contributed by atoms with Crippen LogP contribution in [0, 0.1) is 0 Å². The fourth-order valence-corrected chi connectivity index (χ4v) is 3.05. The van der Waals surface area contributed by atoms with Crippen LogP contribution < -0.4 is 16.4 Å². The molecule has 8 nitrogen and oxygen atoms in total. The monoisotopic (exact) mass is 423 g/mol. The molecule has 0 aliphatic rings. The summed E-state index contributed by atoms with van der Waals surface area (Å²) >= 11 is 6.90. The highest BCUT2D eigenvalue weighted by atomic mass is 35.5. The van der Waals surface area contributed by atoms with E-state index >= 15 is 0 Å². The highest BCUT2D eigenvalue weighted by molar-refractivity contribution is 7.14. The number of ether oxygens (including phenoxy) is 1. The lowest BCUT2D eigenvalue weighted by atomic mass is 10.2. The fourth-order valence-electron chi connectivity index (χ4n) is 2.12. The van der Waals surface area contributed by atoms with E-state index in [1.165, 1.54) is 6.07 Å². The highest BCUT2D eigenvalue weighted by Crippen LogP contribution is 2.22. The molecule has 1 aromatic heterocycles. The van der Waals surface area contributed by atoms with Gasteiger partial charge in [-0.3, -0.25) is 19.2 Å². The Morgan fingerprint density at radius 2 is 1.82 bits per heavy atom. The molecule has 0 saturated heterocycles. The molecule has 148 valence electrons. The number of amides is 3. The molecule has 0 spiro atoms. The van der Waals surface area contributed by atoms with Crippen molar-refractivity contribution in [3.8, 4) is 0 Å². The molecule has 0 unspecified atom stereocenters. The SMILES string of the molecule is NC(=O)c1ccsc1NC(=O)COC(=O)CCCNC(=O)c1ccc(Cl)cc1. The number of thiophene rings is 1. The maximum Gasteiger partial charge on any atom is 0.306 e. The van der Waals surface area contributed by atoms with Gasteiger partial charge in [-0.25, -0.2) is 0 Å². The summed E-state index contributed by atoms with van der Waals surface area (Å²) in [5.74, 6) is -2.08. The van der Waals surface area contributed by atoms with Crippen molar-refractivity contribution in [2.24, 2.45) is 5.73 Å². The third kappa shape index (κ3) is 6.67. The number of nitrogens with two attached hydrogens (primary N) is 1. The molecule has 0 aliphatic carbocycles. The number of carbonyl (C=O) groups excluding carboxylic acids is 4. The minimum Gasteiger partial charge on any atom is -0.456 e. The van der Waals surface area contributed by atoms with Crippen molar-refractivity contribution in [3.63, 3.8) is 0 Å². The van der Waals surface area contributed by atoms with Crippen molar-refractivity contribution in [1.82, 2.24) is 5.32 Å². The van der Waals surface area contributed by atoms with E-state index in [4.69, 9.17) is 22.1 Å². The minimum absolute atomic E-state index is 0.0414. The molecular weight excluding hydrogens is 406 g/mol. The second kappa shape index (κ2) is 10.4. The smallest absolute Gasteiger partial charge is 0.306 e. The molecule has 0 aliphatic heterocycles. The predicted molar refractivity (Wildman–Crippen MR) is 105 cm³/mol. The van der Waals surface area contributed by atoms with Crippen LogP contribution >= 0.6 is 22.9 Å². The number of rotatable bonds is 9. The lowest BCUT2D eigenvalue weighted by Crippen LogP contribution is -2.25. The number of anilines is 1. The molecule has 1 heterocycles. The van der Waals surface area contributed by atoms with Crippen LogP contribution in [0.3, 0.4) is 0 Å². The number of hydrogen-bond acceptors (Lipinski definition) is 6. The molecule has 3 amide bonds. The van der Waals surface area contributed by atoms with Gasteiger partial charge in [-0.2, -0.15) is 0 Å². The number of primary amides is 1. The van der Waals surface area contributed by atoms with E-state index in [9.17, 15) is 19.2 Å². The summed E-state index contributed by atoms with van der Waals surface area (Å²) in [7, 11) is 0. The van der Waals surface area contributed by atoms with Crippen molar-refractivity contribution >= 4 is 51.6 Å². The second-order valence-corrected chi connectivity index (χ2v) is 6.96. The number of hydrogen-bond donors (Lipinski definition) is 3. The molecule has 0 atom stereocenters. The molecule has 0 fully saturated rings. The van der Waals surface area contributed by atoms with Gasteiger partial charge in [0.1, 0.15) is 5.00 Å². The molecular formula is C18H18ClN3O5S. The van der Waals surface area contributed by atoms with Crippen LogP contribution in [0.1, 0.15) is 33.6 Å². The molecule has 2 aromatic rings. The summed E-state index contributed by atoms with van der Waals surface area (Å²) < 4.78 is 4.87. The molecule has 28 heavy (non-hydrogen) atoms. The topological polar surface area (TPSA) is 128 Å². The maximum absolute atomic E-state index is 11.9. The van der Waals surface area contributed by atoms with Crippen molar-refractivity contribution in [2.75, 3.05) is 18.5 Å². The van der Waals surface area contributed by atoms with Crippen LogP contribution in [-0.4, -0.2) is 36.8 Å². The Morgan fingerprint density at radius 3 is 2.50 bits per heavy atom. The Bertz CT molecular complexity index is 866. The quantitative estimate of drug-likeness (QED) is 0.420. The van der Waals surface area contributed by atoms with E-state index in [0.29, 0.717) is 22.0 Å². The van der Waals surface area contributed by atoms with Crippen LogP contribution in [0.4, 0.5) is 5.00 Å². The third-order valence-corrected chi connectivity index (χ3v) is 4.58. The average molecular weight is 424 g/mol. The second-order valence-electron chi connectivity index (χ2n) is 5.60. The molecule has 1 aromatic carbocycles. The lowest BCUT2D eigenvalue weighted by molar-refractivity contribution is -0.147. The molecule has 0 saturated carbocycles. The van der Waals surface area contributed by atoms with Crippen LogP contribution in [0.5, 0.6) is 0 Å².